The van der Waals surface area contributed by atoms with Crippen LogP contribution in [-0.4, -0.2) is 11.5 Å². The minimum absolute atomic E-state index is 0.633. The van der Waals surface area contributed by atoms with Gasteiger partial charge in [-0.15, -0.1) is 0 Å². The Hall–Kier alpha value is -1.06. The van der Waals surface area contributed by atoms with Crippen molar-refractivity contribution in [1.29, 1.82) is 0 Å². The molecular formula is C14H14BrClN2. The predicted molar refractivity (Wildman–Crippen MR) is 80.3 cm³/mol. The van der Waals surface area contributed by atoms with Gasteiger partial charge in [0, 0.05) is 17.2 Å². The number of aryl methyl sites for hydroxylation is 1. The quantitative estimate of drug-likeness (QED) is 0.897. The summed E-state index contributed by atoms with van der Waals surface area (Å²) in [6.07, 6.45) is 2.69. The molecule has 0 fully saturated rings. The number of benzene rings is 1. The van der Waals surface area contributed by atoms with E-state index in [1.807, 2.05) is 6.07 Å². The molecule has 0 spiro atoms. The Labute approximate surface area is 121 Å². The SMILES string of the molecule is Cc1cccc(CCNc2ncc(Br)cc2Cl)c1. The Morgan fingerprint density at radius 2 is 2.17 bits per heavy atom. The molecule has 2 rings (SSSR count). The fraction of sp³-hybridized carbons (Fsp3) is 0.214. The van der Waals surface area contributed by atoms with Crippen molar-refractivity contribution in [3.05, 3.63) is 57.2 Å². The standard InChI is InChI=1S/C14H14BrClN2/c1-10-3-2-4-11(7-10)5-6-17-14-13(16)8-12(15)9-18-14/h2-4,7-9H,5-6H2,1H3,(H,17,18). The Balaban J connectivity index is 1.92. The average molecular weight is 326 g/mol. The van der Waals surface area contributed by atoms with Gasteiger partial charge in [0.2, 0.25) is 0 Å². The molecule has 0 unspecified atom stereocenters. The van der Waals surface area contributed by atoms with Crippen molar-refractivity contribution < 1.29 is 0 Å². The maximum Gasteiger partial charge on any atom is 0.144 e. The highest BCUT2D eigenvalue weighted by molar-refractivity contribution is 9.10. The number of halogens is 2. The van der Waals surface area contributed by atoms with E-state index in [-0.39, 0.29) is 0 Å². The van der Waals surface area contributed by atoms with Crippen LogP contribution in [0.4, 0.5) is 5.82 Å². The topological polar surface area (TPSA) is 24.9 Å². The van der Waals surface area contributed by atoms with E-state index >= 15 is 0 Å². The summed E-state index contributed by atoms with van der Waals surface area (Å²) in [6, 6.07) is 10.3. The lowest BCUT2D eigenvalue weighted by atomic mass is 10.1. The largest absolute Gasteiger partial charge is 0.369 e. The third-order valence-corrected chi connectivity index (χ3v) is 3.32. The molecule has 1 aromatic heterocycles. The van der Waals surface area contributed by atoms with Gasteiger partial charge >= 0.3 is 0 Å². The maximum absolute atomic E-state index is 6.08. The minimum atomic E-state index is 0.633. The van der Waals surface area contributed by atoms with Crippen molar-refractivity contribution in [2.45, 2.75) is 13.3 Å². The third-order valence-electron chi connectivity index (χ3n) is 2.60. The summed E-state index contributed by atoms with van der Waals surface area (Å²) in [5, 5.41) is 3.88. The van der Waals surface area contributed by atoms with Crippen molar-refractivity contribution in [3.8, 4) is 0 Å². The number of nitrogens with one attached hydrogen (secondary N) is 1. The van der Waals surface area contributed by atoms with Gasteiger partial charge in [0.1, 0.15) is 5.82 Å². The van der Waals surface area contributed by atoms with E-state index < -0.39 is 0 Å². The van der Waals surface area contributed by atoms with Crippen LogP contribution in [0.2, 0.25) is 5.02 Å². The molecule has 2 aromatic rings. The lowest BCUT2D eigenvalue weighted by Crippen LogP contribution is -2.06. The first-order chi connectivity index (χ1) is 8.65. The Bertz CT molecular complexity index is 543. The Morgan fingerprint density at radius 3 is 2.89 bits per heavy atom. The van der Waals surface area contributed by atoms with Gasteiger partial charge in [0.25, 0.3) is 0 Å². The van der Waals surface area contributed by atoms with E-state index in [0.717, 1.165) is 23.3 Å². The van der Waals surface area contributed by atoms with Gasteiger partial charge in [-0.1, -0.05) is 41.4 Å². The van der Waals surface area contributed by atoms with Gasteiger partial charge < -0.3 is 5.32 Å². The summed E-state index contributed by atoms with van der Waals surface area (Å²) >= 11 is 9.42. The highest BCUT2D eigenvalue weighted by atomic mass is 79.9. The summed E-state index contributed by atoms with van der Waals surface area (Å²) in [7, 11) is 0. The monoisotopic (exact) mass is 324 g/mol. The molecule has 0 aliphatic carbocycles. The van der Waals surface area contributed by atoms with E-state index in [9.17, 15) is 0 Å². The third kappa shape index (κ3) is 3.72. The summed E-state index contributed by atoms with van der Waals surface area (Å²) in [5.74, 6) is 0.729. The molecule has 0 saturated heterocycles. The van der Waals surface area contributed by atoms with Crippen molar-refractivity contribution in [2.75, 3.05) is 11.9 Å². The second kappa shape index (κ2) is 6.21. The summed E-state index contributed by atoms with van der Waals surface area (Å²) in [5.41, 5.74) is 2.60. The first-order valence-corrected chi connectivity index (χ1v) is 6.93. The zero-order chi connectivity index (χ0) is 13.0. The second-order valence-corrected chi connectivity index (χ2v) is 5.47. The van der Waals surface area contributed by atoms with Gasteiger partial charge in [0.05, 0.1) is 5.02 Å². The predicted octanol–water partition coefficient (Wildman–Crippen LogP) is 4.46. The van der Waals surface area contributed by atoms with E-state index in [0.29, 0.717) is 5.02 Å². The molecular weight excluding hydrogens is 312 g/mol. The van der Waals surface area contributed by atoms with Gasteiger partial charge in [0.15, 0.2) is 0 Å². The van der Waals surface area contributed by atoms with Crippen molar-refractivity contribution in [3.63, 3.8) is 0 Å². The van der Waals surface area contributed by atoms with Crippen LogP contribution in [0.5, 0.6) is 0 Å². The molecule has 0 radical (unpaired) electrons. The first kappa shape index (κ1) is 13.4. The fourth-order valence-electron chi connectivity index (χ4n) is 1.74. The second-order valence-electron chi connectivity index (χ2n) is 4.15. The lowest BCUT2D eigenvalue weighted by molar-refractivity contribution is 1.00. The number of nitrogens with zero attached hydrogens (tertiary/aromatic N) is 1. The molecule has 0 aliphatic rings. The Morgan fingerprint density at radius 1 is 1.33 bits per heavy atom. The molecule has 1 aromatic carbocycles. The fourth-order valence-corrected chi connectivity index (χ4v) is 2.43. The highest BCUT2D eigenvalue weighted by Crippen LogP contribution is 2.22. The molecule has 1 N–H and O–H groups in total. The van der Waals surface area contributed by atoms with Crippen LogP contribution in [0, 0.1) is 6.92 Å². The molecule has 0 aliphatic heterocycles. The molecule has 4 heteroatoms. The van der Waals surface area contributed by atoms with Crippen LogP contribution >= 0.6 is 27.5 Å². The normalized spacial score (nSPS) is 10.4. The van der Waals surface area contributed by atoms with E-state index in [2.05, 4.69) is 57.4 Å². The number of hydrogen-bond donors (Lipinski definition) is 1. The van der Waals surface area contributed by atoms with Crippen molar-refractivity contribution in [1.82, 2.24) is 4.98 Å². The zero-order valence-electron chi connectivity index (χ0n) is 10.1. The summed E-state index contributed by atoms with van der Waals surface area (Å²) in [6.45, 7) is 2.92. The van der Waals surface area contributed by atoms with Crippen LogP contribution in [0.15, 0.2) is 41.0 Å². The van der Waals surface area contributed by atoms with Crippen LogP contribution in [-0.2, 0) is 6.42 Å². The van der Waals surface area contributed by atoms with Crippen LogP contribution in [0.25, 0.3) is 0 Å². The number of pyridine rings is 1. The van der Waals surface area contributed by atoms with Gasteiger partial charge in [-0.3, -0.25) is 0 Å². The zero-order valence-corrected chi connectivity index (χ0v) is 12.4. The number of rotatable bonds is 4. The van der Waals surface area contributed by atoms with Gasteiger partial charge in [-0.05, 0) is 40.9 Å². The molecule has 0 saturated carbocycles. The van der Waals surface area contributed by atoms with Crippen LogP contribution < -0.4 is 5.32 Å². The number of anilines is 1. The molecule has 0 amide bonds. The molecule has 1 heterocycles. The van der Waals surface area contributed by atoms with Crippen molar-refractivity contribution >= 4 is 33.3 Å². The van der Waals surface area contributed by atoms with Crippen molar-refractivity contribution in [2.24, 2.45) is 0 Å². The first-order valence-electron chi connectivity index (χ1n) is 5.75. The smallest absolute Gasteiger partial charge is 0.144 e. The number of hydrogen-bond acceptors (Lipinski definition) is 2. The maximum atomic E-state index is 6.08. The minimum Gasteiger partial charge on any atom is -0.369 e. The van der Waals surface area contributed by atoms with E-state index in [1.165, 1.54) is 11.1 Å². The number of aromatic nitrogens is 1. The molecule has 0 bridgehead atoms. The highest BCUT2D eigenvalue weighted by Gasteiger charge is 2.02. The van der Waals surface area contributed by atoms with E-state index in [4.69, 9.17) is 11.6 Å². The van der Waals surface area contributed by atoms with Crippen LogP contribution in [0.3, 0.4) is 0 Å². The summed E-state index contributed by atoms with van der Waals surface area (Å²) in [4.78, 5) is 4.24. The molecule has 18 heavy (non-hydrogen) atoms. The average Bonchev–Trinajstić information content (AvgIpc) is 2.32. The van der Waals surface area contributed by atoms with Gasteiger partial charge in [-0.2, -0.15) is 0 Å². The molecule has 2 nitrogen and oxygen atoms in total. The lowest BCUT2D eigenvalue weighted by Gasteiger charge is -2.08. The van der Waals surface area contributed by atoms with Crippen LogP contribution in [0.1, 0.15) is 11.1 Å². The van der Waals surface area contributed by atoms with Gasteiger partial charge in [-0.25, -0.2) is 4.98 Å². The summed E-state index contributed by atoms with van der Waals surface area (Å²) < 4.78 is 0.886. The molecule has 0 atom stereocenters. The van der Waals surface area contributed by atoms with E-state index in [1.54, 1.807) is 6.20 Å². The molecule has 94 valence electrons. The Kier molecular flexibility index (Phi) is 4.61.